The van der Waals surface area contributed by atoms with Gasteiger partial charge < -0.3 is 25.1 Å². The van der Waals surface area contributed by atoms with Crippen molar-refractivity contribution in [1.82, 2.24) is 20.0 Å². The van der Waals surface area contributed by atoms with Crippen molar-refractivity contribution in [3.05, 3.63) is 0 Å². The minimum atomic E-state index is -1.13. The molecule has 2 N–H and O–H groups in total. The van der Waals surface area contributed by atoms with E-state index in [-0.39, 0.29) is 25.5 Å². The molecule has 0 saturated heterocycles. The van der Waals surface area contributed by atoms with Crippen LogP contribution in [-0.2, 0) is 19.2 Å². The Morgan fingerprint density at radius 1 is 0.810 bits per heavy atom. The summed E-state index contributed by atoms with van der Waals surface area (Å²) in [4.78, 5) is 49.0. The lowest BCUT2D eigenvalue weighted by molar-refractivity contribution is -0.145. The smallest absolute Gasteiger partial charge is 0.323 e. The number of aliphatic carboxylic acids is 1. The van der Waals surface area contributed by atoms with Gasteiger partial charge in [-0.3, -0.25) is 19.2 Å². The van der Waals surface area contributed by atoms with E-state index in [1.165, 1.54) is 26.0 Å². The Morgan fingerprint density at radius 3 is 1.57 bits per heavy atom. The van der Waals surface area contributed by atoms with Crippen LogP contribution in [0.3, 0.4) is 0 Å². The second kappa shape index (κ2) is 8.90. The number of carbonyl (C=O) groups excluding carboxylic acids is 3. The Balaban J connectivity index is 4.36. The number of nitrogens with one attached hydrogen (secondary N) is 1. The van der Waals surface area contributed by atoms with Gasteiger partial charge in [-0.2, -0.15) is 0 Å². The van der Waals surface area contributed by atoms with Crippen LogP contribution in [0.15, 0.2) is 0 Å². The van der Waals surface area contributed by atoms with Crippen LogP contribution in [0.2, 0.25) is 0 Å². The fraction of sp³-hybridized carbons (Fsp3) is 0.667. The molecule has 0 atom stereocenters. The van der Waals surface area contributed by atoms with Gasteiger partial charge in [-0.05, 0) is 7.05 Å². The summed E-state index contributed by atoms with van der Waals surface area (Å²) in [6.45, 7) is -0.696. The van der Waals surface area contributed by atoms with Crippen molar-refractivity contribution < 1.29 is 24.3 Å². The normalized spacial score (nSPS) is 9.90. The Hall–Kier alpha value is -2.16. The van der Waals surface area contributed by atoms with Gasteiger partial charge >= 0.3 is 5.97 Å². The lowest BCUT2D eigenvalue weighted by Gasteiger charge is -2.23. The van der Waals surface area contributed by atoms with E-state index in [4.69, 9.17) is 5.11 Å². The van der Waals surface area contributed by atoms with Gasteiger partial charge in [0.1, 0.15) is 6.54 Å². The summed E-state index contributed by atoms with van der Waals surface area (Å²) in [5.41, 5.74) is 0. The summed E-state index contributed by atoms with van der Waals surface area (Å²) in [5, 5.41) is 11.3. The zero-order chi connectivity index (χ0) is 16.6. The van der Waals surface area contributed by atoms with Crippen LogP contribution in [0.4, 0.5) is 0 Å². The molecule has 0 unspecified atom stereocenters. The van der Waals surface area contributed by atoms with E-state index in [0.717, 1.165) is 9.80 Å². The monoisotopic (exact) mass is 302 g/mol. The van der Waals surface area contributed by atoms with E-state index >= 15 is 0 Å². The van der Waals surface area contributed by atoms with E-state index < -0.39 is 24.3 Å². The predicted octanol–water partition coefficient (Wildman–Crippen LogP) is -2.33. The average molecular weight is 302 g/mol. The van der Waals surface area contributed by atoms with Gasteiger partial charge in [0.25, 0.3) is 0 Å². The van der Waals surface area contributed by atoms with Crippen molar-refractivity contribution in [3.8, 4) is 0 Å². The summed E-state index contributed by atoms with van der Waals surface area (Å²) in [6, 6.07) is 0. The highest BCUT2D eigenvalue weighted by Crippen LogP contribution is 1.93. The highest BCUT2D eigenvalue weighted by molar-refractivity contribution is 5.89. The molecule has 0 heterocycles. The molecule has 0 aliphatic carbocycles. The third-order valence-corrected chi connectivity index (χ3v) is 2.72. The number of carboxylic acid groups (broad SMARTS) is 1. The van der Waals surface area contributed by atoms with Crippen molar-refractivity contribution in [2.45, 2.75) is 0 Å². The van der Waals surface area contributed by atoms with Gasteiger partial charge in [-0.25, -0.2) is 0 Å². The number of carbonyl (C=O) groups is 4. The Bertz CT molecular complexity index is 412. The number of hydrogen-bond donors (Lipinski definition) is 2. The molecule has 0 spiro atoms. The summed E-state index contributed by atoms with van der Waals surface area (Å²) in [5.74, 6) is -2.26. The van der Waals surface area contributed by atoms with E-state index in [9.17, 15) is 19.2 Å². The van der Waals surface area contributed by atoms with Gasteiger partial charge in [0.05, 0.1) is 19.6 Å². The molecule has 0 saturated carbocycles. The number of rotatable bonds is 8. The number of nitrogens with zero attached hydrogens (tertiary/aromatic N) is 3. The van der Waals surface area contributed by atoms with E-state index in [1.54, 1.807) is 7.05 Å². The van der Waals surface area contributed by atoms with Gasteiger partial charge in [-0.15, -0.1) is 0 Å². The molecule has 9 heteroatoms. The van der Waals surface area contributed by atoms with E-state index in [0.29, 0.717) is 0 Å². The first-order valence-electron chi connectivity index (χ1n) is 6.27. The van der Waals surface area contributed by atoms with Gasteiger partial charge in [0.2, 0.25) is 17.7 Å². The third kappa shape index (κ3) is 7.25. The third-order valence-electron chi connectivity index (χ3n) is 2.72. The first kappa shape index (κ1) is 18.8. The fourth-order valence-corrected chi connectivity index (χ4v) is 1.40. The highest BCUT2D eigenvalue weighted by Gasteiger charge is 2.19. The maximum Gasteiger partial charge on any atom is 0.323 e. The Labute approximate surface area is 123 Å². The lowest BCUT2D eigenvalue weighted by Crippen LogP contribution is -2.46. The fourth-order valence-electron chi connectivity index (χ4n) is 1.40. The molecule has 0 aliphatic heterocycles. The van der Waals surface area contributed by atoms with Crippen molar-refractivity contribution in [1.29, 1.82) is 0 Å². The van der Waals surface area contributed by atoms with E-state index in [2.05, 4.69) is 5.32 Å². The molecule has 0 bridgehead atoms. The van der Waals surface area contributed by atoms with Crippen LogP contribution in [0.1, 0.15) is 0 Å². The molecule has 0 aromatic heterocycles. The molecule has 0 aliphatic rings. The number of amides is 3. The number of likely N-dealkylation sites (N-methyl/N-ethyl adjacent to an activating group) is 4. The molecule has 0 aromatic carbocycles. The van der Waals surface area contributed by atoms with Crippen LogP contribution in [0, 0.1) is 0 Å². The van der Waals surface area contributed by atoms with Crippen LogP contribution in [0.5, 0.6) is 0 Å². The minimum absolute atomic E-state index is 0.119. The second-order valence-corrected chi connectivity index (χ2v) is 4.67. The first-order valence-corrected chi connectivity index (χ1v) is 6.27. The first-order chi connectivity index (χ1) is 9.68. The van der Waals surface area contributed by atoms with Crippen LogP contribution >= 0.6 is 0 Å². The van der Waals surface area contributed by atoms with Crippen molar-refractivity contribution in [3.63, 3.8) is 0 Å². The van der Waals surface area contributed by atoms with Crippen molar-refractivity contribution in [2.75, 3.05) is 54.4 Å². The molecule has 0 fully saturated rings. The molecular weight excluding hydrogens is 280 g/mol. The lowest BCUT2D eigenvalue weighted by atomic mass is 10.4. The number of carboxylic acids is 1. The topological polar surface area (TPSA) is 110 Å². The Kier molecular flexibility index (Phi) is 7.99. The SMILES string of the molecule is CNCC(=O)N(C)CC(=O)N(C)CC(=O)N(C)CC(=O)O. The number of hydrogen-bond acceptors (Lipinski definition) is 5. The summed E-state index contributed by atoms with van der Waals surface area (Å²) in [7, 11) is 5.88. The largest absolute Gasteiger partial charge is 0.480 e. The van der Waals surface area contributed by atoms with Crippen LogP contribution in [0.25, 0.3) is 0 Å². The van der Waals surface area contributed by atoms with Gasteiger partial charge in [0.15, 0.2) is 0 Å². The molecule has 9 nitrogen and oxygen atoms in total. The Morgan fingerprint density at radius 2 is 1.19 bits per heavy atom. The van der Waals surface area contributed by atoms with Crippen LogP contribution < -0.4 is 5.32 Å². The second-order valence-electron chi connectivity index (χ2n) is 4.67. The zero-order valence-corrected chi connectivity index (χ0v) is 12.8. The van der Waals surface area contributed by atoms with Crippen molar-refractivity contribution in [2.24, 2.45) is 0 Å². The highest BCUT2D eigenvalue weighted by atomic mass is 16.4. The maximum absolute atomic E-state index is 11.9. The molecule has 3 amide bonds. The van der Waals surface area contributed by atoms with Crippen LogP contribution in [-0.4, -0.2) is 97.9 Å². The molecule has 0 aromatic rings. The predicted molar refractivity (Wildman–Crippen MR) is 74.5 cm³/mol. The zero-order valence-electron chi connectivity index (χ0n) is 12.8. The molecule has 120 valence electrons. The molecule has 0 radical (unpaired) electrons. The molecular formula is C12H22N4O5. The summed E-state index contributed by atoms with van der Waals surface area (Å²) >= 11 is 0. The molecule has 0 rings (SSSR count). The average Bonchev–Trinajstić information content (AvgIpc) is 2.37. The maximum atomic E-state index is 11.9. The van der Waals surface area contributed by atoms with Crippen molar-refractivity contribution >= 4 is 23.7 Å². The quantitative estimate of drug-likeness (QED) is 0.520. The minimum Gasteiger partial charge on any atom is -0.480 e. The summed E-state index contributed by atoms with van der Waals surface area (Å²) in [6.07, 6.45) is 0. The summed E-state index contributed by atoms with van der Waals surface area (Å²) < 4.78 is 0. The van der Waals surface area contributed by atoms with E-state index in [1.807, 2.05) is 0 Å². The molecule has 21 heavy (non-hydrogen) atoms. The van der Waals surface area contributed by atoms with Gasteiger partial charge in [-0.1, -0.05) is 0 Å². The standard InChI is InChI=1S/C12H22N4O5/c1-13-5-9(17)14(2)6-10(18)15(3)7-11(19)16(4)8-12(20)21/h13H,5-8H2,1-4H3,(H,20,21). The van der Waals surface area contributed by atoms with Gasteiger partial charge in [0, 0.05) is 21.1 Å².